The minimum Gasteiger partial charge on any atom is -0.491 e. The van der Waals surface area contributed by atoms with Crippen LogP contribution in [-0.4, -0.2) is 53.9 Å². The third kappa shape index (κ3) is 5.43. The third-order valence-corrected chi connectivity index (χ3v) is 5.78. The fourth-order valence-electron chi connectivity index (χ4n) is 3.95. The summed E-state index contributed by atoms with van der Waals surface area (Å²) in [6.45, 7) is 8.04. The van der Waals surface area contributed by atoms with Gasteiger partial charge in [0.1, 0.15) is 18.2 Å². The molecule has 0 saturated carbocycles. The monoisotopic (exact) mass is 426 g/mol. The van der Waals surface area contributed by atoms with Gasteiger partial charge in [0.2, 0.25) is 0 Å². The smallest absolute Gasteiger partial charge is 0.257 e. The first-order valence-corrected chi connectivity index (χ1v) is 11.0. The van der Waals surface area contributed by atoms with Crippen molar-refractivity contribution in [2.75, 3.05) is 26.2 Å². The fourth-order valence-corrected chi connectivity index (χ4v) is 3.95. The Balaban J connectivity index is 1.95. The predicted octanol–water partition coefficient (Wildman–Crippen LogP) is 4.63. The van der Waals surface area contributed by atoms with Gasteiger partial charge in [0.25, 0.3) is 11.8 Å². The lowest BCUT2D eigenvalue weighted by atomic mass is 10.0. The molecule has 0 bridgehead atoms. The molecule has 1 aliphatic rings. The molecular formula is C25H31FN2O3. The Morgan fingerprint density at radius 1 is 1.13 bits per heavy atom. The first-order chi connectivity index (χ1) is 14.9. The Morgan fingerprint density at radius 3 is 2.58 bits per heavy atom. The van der Waals surface area contributed by atoms with Crippen LogP contribution in [0.15, 0.2) is 48.5 Å². The molecule has 0 unspecified atom stereocenters. The Labute approximate surface area is 183 Å². The van der Waals surface area contributed by atoms with Gasteiger partial charge in [-0.15, -0.1) is 0 Å². The second-order valence-electron chi connectivity index (χ2n) is 8.22. The standard InChI is InChI=1S/C25H31FN2O3/c1-4-27-14-7-8-15-28(24(29)19-10-9-11-20(26)16-19)22(18(2)3)17-31-23-13-6-5-12-21(23)25(27)30/h5-6,9-13,16,18,22H,4,7-8,14-15,17H2,1-3H3/t22-/m1/s1. The fraction of sp³-hybridized carbons (Fsp3) is 0.440. The van der Waals surface area contributed by atoms with E-state index in [0.29, 0.717) is 36.5 Å². The van der Waals surface area contributed by atoms with Crippen LogP contribution in [0.25, 0.3) is 0 Å². The van der Waals surface area contributed by atoms with Gasteiger partial charge in [0.15, 0.2) is 0 Å². The summed E-state index contributed by atoms with van der Waals surface area (Å²) in [4.78, 5) is 30.0. The largest absolute Gasteiger partial charge is 0.491 e. The Bertz CT molecular complexity index is 915. The van der Waals surface area contributed by atoms with E-state index in [2.05, 4.69) is 0 Å². The van der Waals surface area contributed by atoms with Gasteiger partial charge in [-0.1, -0.05) is 32.0 Å². The summed E-state index contributed by atoms with van der Waals surface area (Å²) in [7, 11) is 0. The Hall–Kier alpha value is -2.89. The van der Waals surface area contributed by atoms with Crippen LogP contribution >= 0.6 is 0 Å². The first kappa shape index (κ1) is 22.8. The number of nitrogens with zero attached hydrogens (tertiary/aromatic N) is 2. The van der Waals surface area contributed by atoms with Crippen molar-refractivity contribution < 1.29 is 18.7 Å². The van der Waals surface area contributed by atoms with Gasteiger partial charge in [-0.25, -0.2) is 4.39 Å². The minimum absolute atomic E-state index is 0.0348. The maximum Gasteiger partial charge on any atom is 0.257 e. The van der Waals surface area contributed by atoms with Crippen LogP contribution in [0.1, 0.15) is 54.3 Å². The number of hydrogen-bond acceptors (Lipinski definition) is 3. The highest BCUT2D eigenvalue weighted by Gasteiger charge is 2.29. The predicted molar refractivity (Wildman–Crippen MR) is 119 cm³/mol. The molecule has 0 saturated heterocycles. The summed E-state index contributed by atoms with van der Waals surface area (Å²) < 4.78 is 19.9. The Kier molecular flexibility index (Phi) is 7.66. The zero-order valence-corrected chi connectivity index (χ0v) is 18.5. The number of rotatable bonds is 3. The van der Waals surface area contributed by atoms with Crippen LogP contribution in [0.4, 0.5) is 4.39 Å². The van der Waals surface area contributed by atoms with E-state index in [9.17, 15) is 14.0 Å². The number of amides is 2. The molecule has 3 rings (SSSR count). The average molecular weight is 427 g/mol. The van der Waals surface area contributed by atoms with E-state index < -0.39 is 5.82 Å². The number of halogens is 1. The van der Waals surface area contributed by atoms with E-state index >= 15 is 0 Å². The molecule has 5 nitrogen and oxygen atoms in total. The second-order valence-corrected chi connectivity index (χ2v) is 8.22. The third-order valence-electron chi connectivity index (χ3n) is 5.78. The van der Waals surface area contributed by atoms with E-state index in [-0.39, 0.29) is 30.4 Å². The molecule has 0 spiro atoms. The summed E-state index contributed by atoms with van der Waals surface area (Å²) in [5, 5.41) is 0. The van der Waals surface area contributed by atoms with Crippen molar-refractivity contribution in [1.82, 2.24) is 9.80 Å². The zero-order chi connectivity index (χ0) is 22.4. The maximum atomic E-state index is 13.8. The number of benzene rings is 2. The molecule has 0 aromatic heterocycles. The quantitative estimate of drug-likeness (QED) is 0.719. The van der Waals surface area contributed by atoms with E-state index in [0.717, 1.165) is 12.8 Å². The molecule has 1 heterocycles. The normalized spacial score (nSPS) is 18.1. The van der Waals surface area contributed by atoms with Gasteiger partial charge >= 0.3 is 0 Å². The van der Waals surface area contributed by atoms with Crippen LogP contribution in [0.3, 0.4) is 0 Å². The number of para-hydroxylation sites is 1. The van der Waals surface area contributed by atoms with Gasteiger partial charge in [-0.3, -0.25) is 9.59 Å². The summed E-state index contributed by atoms with van der Waals surface area (Å²) >= 11 is 0. The summed E-state index contributed by atoms with van der Waals surface area (Å²) in [5.41, 5.74) is 0.874. The molecule has 6 heteroatoms. The van der Waals surface area contributed by atoms with E-state index in [1.54, 1.807) is 24.3 Å². The average Bonchev–Trinajstić information content (AvgIpc) is 2.76. The zero-order valence-electron chi connectivity index (χ0n) is 18.5. The first-order valence-electron chi connectivity index (χ1n) is 11.0. The molecule has 0 fully saturated rings. The number of hydrogen-bond donors (Lipinski definition) is 0. The van der Waals surface area contributed by atoms with Crippen LogP contribution in [0, 0.1) is 11.7 Å². The van der Waals surface area contributed by atoms with Crippen molar-refractivity contribution in [1.29, 1.82) is 0 Å². The molecule has 1 aliphatic heterocycles. The summed E-state index contributed by atoms with van der Waals surface area (Å²) in [5.74, 6) is -0.0163. The van der Waals surface area contributed by atoms with Crippen LogP contribution < -0.4 is 4.74 Å². The van der Waals surface area contributed by atoms with E-state index in [1.807, 2.05) is 42.7 Å². The lowest BCUT2D eigenvalue weighted by Gasteiger charge is -2.35. The molecular weight excluding hydrogens is 395 g/mol. The molecule has 2 aromatic carbocycles. The van der Waals surface area contributed by atoms with Crippen molar-refractivity contribution in [2.24, 2.45) is 5.92 Å². The van der Waals surface area contributed by atoms with Crippen molar-refractivity contribution in [3.8, 4) is 5.75 Å². The minimum atomic E-state index is -0.427. The summed E-state index contributed by atoms with van der Waals surface area (Å²) in [6.07, 6.45) is 1.52. The van der Waals surface area contributed by atoms with Gasteiger partial charge in [-0.05, 0) is 56.0 Å². The number of carbonyl (C=O) groups is 2. The van der Waals surface area contributed by atoms with Gasteiger partial charge in [0.05, 0.1) is 11.6 Å². The molecule has 0 N–H and O–H groups in total. The highest BCUT2D eigenvalue weighted by Crippen LogP contribution is 2.24. The maximum absolute atomic E-state index is 13.8. The highest BCUT2D eigenvalue weighted by atomic mass is 19.1. The van der Waals surface area contributed by atoms with Crippen molar-refractivity contribution in [3.05, 3.63) is 65.5 Å². The lowest BCUT2D eigenvalue weighted by Crippen LogP contribution is -2.47. The van der Waals surface area contributed by atoms with Crippen molar-refractivity contribution in [3.63, 3.8) is 0 Å². The van der Waals surface area contributed by atoms with Crippen molar-refractivity contribution >= 4 is 11.8 Å². The van der Waals surface area contributed by atoms with E-state index in [1.165, 1.54) is 12.1 Å². The molecule has 166 valence electrons. The number of carbonyl (C=O) groups excluding carboxylic acids is 2. The molecule has 0 aliphatic carbocycles. The van der Waals surface area contributed by atoms with E-state index in [4.69, 9.17) is 4.74 Å². The summed E-state index contributed by atoms with van der Waals surface area (Å²) in [6, 6.07) is 12.9. The topological polar surface area (TPSA) is 49.9 Å². The molecule has 0 radical (unpaired) electrons. The number of ether oxygens (including phenoxy) is 1. The van der Waals surface area contributed by atoms with Gasteiger partial charge in [-0.2, -0.15) is 0 Å². The lowest BCUT2D eigenvalue weighted by molar-refractivity contribution is 0.0511. The van der Waals surface area contributed by atoms with Crippen LogP contribution in [0.5, 0.6) is 5.75 Å². The molecule has 2 amide bonds. The van der Waals surface area contributed by atoms with Gasteiger partial charge < -0.3 is 14.5 Å². The number of fused-ring (bicyclic) bond motifs is 1. The van der Waals surface area contributed by atoms with Crippen LogP contribution in [0.2, 0.25) is 0 Å². The highest BCUT2D eigenvalue weighted by molar-refractivity contribution is 5.97. The van der Waals surface area contributed by atoms with Gasteiger partial charge in [0, 0.05) is 25.2 Å². The molecule has 1 atom stereocenters. The SMILES string of the molecule is CCN1CCCCN(C(=O)c2cccc(F)c2)[C@@H](C(C)C)COc2ccccc2C1=O. The van der Waals surface area contributed by atoms with Crippen LogP contribution in [-0.2, 0) is 0 Å². The Morgan fingerprint density at radius 2 is 1.87 bits per heavy atom. The molecule has 2 aromatic rings. The van der Waals surface area contributed by atoms with Crippen molar-refractivity contribution in [2.45, 2.75) is 39.7 Å². The second kappa shape index (κ2) is 10.4. The molecule has 31 heavy (non-hydrogen) atoms.